The van der Waals surface area contributed by atoms with E-state index in [4.69, 9.17) is 4.98 Å². The Labute approximate surface area is 252 Å². The van der Waals surface area contributed by atoms with E-state index >= 15 is 0 Å². The number of benzene rings is 2. The Morgan fingerprint density at radius 3 is 2.53 bits per heavy atom. The Morgan fingerprint density at radius 2 is 1.81 bits per heavy atom. The van der Waals surface area contributed by atoms with E-state index in [0.717, 1.165) is 61.9 Å². The van der Waals surface area contributed by atoms with Crippen LogP contribution in [-0.2, 0) is 17.8 Å². The van der Waals surface area contributed by atoms with Gasteiger partial charge in [-0.05, 0) is 36.4 Å². The number of piperazine rings is 1. The molecule has 0 radical (unpaired) electrons. The molecule has 0 bridgehead atoms. The lowest BCUT2D eigenvalue weighted by Gasteiger charge is -2.45. The van der Waals surface area contributed by atoms with Crippen molar-refractivity contribution < 1.29 is 4.79 Å². The zero-order chi connectivity index (χ0) is 29.7. The Hall–Kier alpha value is -4.60. The summed E-state index contributed by atoms with van der Waals surface area (Å²) in [6, 6.07) is 18.0. The molecule has 5 heterocycles. The normalized spacial score (nSPS) is 20.3. The first-order valence-corrected chi connectivity index (χ1v) is 15.2. The van der Waals surface area contributed by atoms with Crippen LogP contribution in [0.5, 0.6) is 0 Å². The van der Waals surface area contributed by atoms with Crippen molar-refractivity contribution in [1.29, 1.82) is 10.5 Å². The summed E-state index contributed by atoms with van der Waals surface area (Å²) < 4.78 is 0. The van der Waals surface area contributed by atoms with Crippen molar-refractivity contribution >= 4 is 33.9 Å². The summed E-state index contributed by atoms with van der Waals surface area (Å²) >= 11 is 0. The zero-order valence-electron chi connectivity index (χ0n) is 24.7. The van der Waals surface area contributed by atoms with Crippen LogP contribution in [0.2, 0.25) is 0 Å². The van der Waals surface area contributed by atoms with E-state index in [9.17, 15) is 15.3 Å². The van der Waals surface area contributed by atoms with Crippen LogP contribution < -0.4 is 14.7 Å². The van der Waals surface area contributed by atoms with Gasteiger partial charge >= 0.3 is 0 Å². The SMILES string of the molecule is C=CC(=O)N1CCN(c2c(C#N)c(N3CC(N4CC4)C3)nc3c2CCN(c2cccc4cccc(C)c24)C3)C[C@@H]1CC#N. The summed E-state index contributed by atoms with van der Waals surface area (Å²) in [6.07, 6.45) is 2.32. The quantitative estimate of drug-likeness (QED) is 0.327. The Bertz CT molecular complexity index is 1690. The van der Waals surface area contributed by atoms with Gasteiger partial charge in [0.1, 0.15) is 17.5 Å². The lowest BCUT2D eigenvalue weighted by Crippen LogP contribution is -2.56. The molecule has 3 fully saturated rings. The van der Waals surface area contributed by atoms with Gasteiger partial charge in [0, 0.05) is 75.0 Å². The minimum atomic E-state index is -0.266. The fourth-order valence-electron chi connectivity index (χ4n) is 7.23. The largest absolute Gasteiger partial charge is 0.366 e. The lowest BCUT2D eigenvalue weighted by molar-refractivity contribution is -0.128. The number of carbonyl (C=O) groups is 1. The van der Waals surface area contributed by atoms with Crippen molar-refractivity contribution in [3.63, 3.8) is 0 Å². The molecule has 0 saturated carbocycles. The second kappa shape index (κ2) is 10.9. The van der Waals surface area contributed by atoms with Gasteiger partial charge in [0.25, 0.3) is 0 Å². The third-order valence-corrected chi connectivity index (χ3v) is 9.59. The molecule has 9 nitrogen and oxygen atoms in total. The minimum Gasteiger partial charge on any atom is -0.366 e. The van der Waals surface area contributed by atoms with Gasteiger partial charge in [-0.3, -0.25) is 9.69 Å². The highest BCUT2D eigenvalue weighted by molar-refractivity contribution is 5.97. The fourth-order valence-corrected chi connectivity index (χ4v) is 7.23. The molecule has 1 aromatic heterocycles. The number of aryl methyl sites for hydroxylation is 1. The number of nitriles is 2. The molecule has 0 unspecified atom stereocenters. The maximum atomic E-state index is 12.6. The topological polar surface area (TPSA) is 93.5 Å². The van der Waals surface area contributed by atoms with Crippen LogP contribution in [-0.4, -0.2) is 85.1 Å². The van der Waals surface area contributed by atoms with Crippen molar-refractivity contribution in [3.05, 3.63) is 71.4 Å². The summed E-state index contributed by atoms with van der Waals surface area (Å²) in [5.41, 5.74) is 6.17. The molecule has 3 aromatic rings. The molecule has 4 aliphatic heterocycles. The first-order valence-electron chi connectivity index (χ1n) is 15.2. The van der Waals surface area contributed by atoms with Crippen molar-refractivity contribution in [1.82, 2.24) is 14.8 Å². The van der Waals surface area contributed by atoms with Crippen LogP contribution in [0.1, 0.15) is 28.8 Å². The number of hydrogen-bond donors (Lipinski definition) is 0. The minimum absolute atomic E-state index is 0.152. The number of pyridine rings is 1. The monoisotopic (exact) mass is 572 g/mol. The average molecular weight is 573 g/mol. The highest BCUT2D eigenvalue weighted by atomic mass is 16.2. The molecule has 1 atom stereocenters. The third-order valence-electron chi connectivity index (χ3n) is 9.59. The molecule has 3 saturated heterocycles. The van der Waals surface area contributed by atoms with Gasteiger partial charge in [-0.25, -0.2) is 4.98 Å². The molecule has 43 heavy (non-hydrogen) atoms. The van der Waals surface area contributed by atoms with Crippen LogP contribution in [0, 0.1) is 29.6 Å². The number of carbonyl (C=O) groups excluding carboxylic acids is 1. The number of rotatable bonds is 6. The predicted octanol–water partition coefficient (Wildman–Crippen LogP) is 3.60. The molecule has 218 valence electrons. The number of hydrogen-bond acceptors (Lipinski definition) is 8. The fraction of sp³-hybridized carbons (Fsp3) is 0.412. The van der Waals surface area contributed by atoms with Gasteiger partial charge in [0.2, 0.25) is 5.91 Å². The summed E-state index contributed by atoms with van der Waals surface area (Å²) in [4.78, 5) is 29.0. The van der Waals surface area contributed by atoms with E-state index in [1.807, 2.05) is 0 Å². The molecule has 2 aromatic carbocycles. The maximum absolute atomic E-state index is 12.6. The van der Waals surface area contributed by atoms with Gasteiger partial charge in [-0.2, -0.15) is 10.5 Å². The highest BCUT2D eigenvalue weighted by Crippen LogP contribution is 2.41. The number of aromatic nitrogens is 1. The summed E-state index contributed by atoms with van der Waals surface area (Å²) in [6.45, 7) is 13.0. The molecule has 0 aliphatic carbocycles. The third kappa shape index (κ3) is 4.74. The summed E-state index contributed by atoms with van der Waals surface area (Å²) in [5, 5.41) is 22.7. The van der Waals surface area contributed by atoms with E-state index in [0.29, 0.717) is 37.8 Å². The van der Waals surface area contributed by atoms with Crippen molar-refractivity contribution in [2.45, 2.75) is 38.4 Å². The Morgan fingerprint density at radius 1 is 1.02 bits per heavy atom. The number of amides is 1. The molecule has 9 heteroatoms. The molecule has 7 rings (SSSR count). The Balaban J connectivity index is 1.29. The molecule has 0 spiro atoms. The lowest BCUT2D eigenvalue weighted by atomic mass is 9.94. The molecular weight excluding hydrogens is 536 g/mol. The van der Waals surface area contributed by atoms with E-state index in [1.165, 1.54) is 28.1 Å². The van der Waals surface area contributed by atoms with Crippen LogP contribution in [0.3, 0.4) is 0 Å². The molecular formula is C34H36N8O. The van der Waals surface area contributed by atoms with Crippen LogP contribution in [0.25, 0.3) is 10.8 Å². The standard InChI is InChI=1S/C34H36N8O/c1-3-31(43)42-17-16-40(19-25(42)10-12-35)33-27-11-13-39(30-9-5-8-24-7-4-6-23(2)32(24)30)22-29(27)37-34(28(33)18-36)41-20-26(21-41)38-14-15-38/h3-9,25-26H,1,10-11,13-17,19-22H2,2H3/t25-/m0/s1. The van der Waals surface area contributed by atoms with E-state index in [1.54, 1.807) is 4.90 Å². The van der Waals surface area contributed by atoms with E-state index < -0.39 is 0 Å². The van der Waals surface area contributed by atoms with Crippen LogP contribution in [0.4, 0.5) is 17.2 Å². The predicted molar refractivity (Wildman–Crippen MR) is 168 cm³/mol. The second-order valence-electron chi connectivity index (χ2n) is 12.1. The van der Waals surface area contributed by atoms with E-state index in [-0.39, 0.29) is 18.4 Å². The summed E-state index contributed by atoms with van der Waals surface area (Å²) in [7, 11) is 0. The van der Waals surface area contributed by atoms with Gasteiger partial charge in [-0.15, -0.1) is 0 Å². The van der Waals surface area contributed by atoms with E-state index in [2.05, 4.69) is 81.6 Å². The first kappa shape index (κ1) is 27.2. The second-order valence-corrected chi connectivity index (χ2v) is 12.1. The van der Waals surface area contributed by atoms with Crippen LogP contribution >= 0.6 is 0 Å². The van der Waals surface area contributed by atoms with Gasteiger partial charge in [-0.1, -0.05) is 36.9 Å². The number of anilines is 3. The van der Waals surface area contributed by atoms with Gasteiger partial charge in [0.15, 0.2) is 0 Å². The summed E-state index contributed by atoms with van der Waals surface area (Å²) in [5.74, 6) is 0.618. The molecule has 0 N–H and O–H groups in total. The average Bonchev–Trinajstić information content (AvgIpc) is 3.84. The van der Waals surface area contributed by atoms with Crippen molar-refractivity contribution in [2.24, 2.45) is 0 Å². The first-order chi connectivity index (χ1) is 21.0. The molecule has 1 amide bonds. The highest BCUT2D eigenvalue weighted by Gasteiger charge is 2.41. The van der Waals surface area contributed by atoms with Crippen molar-refractivity contribution in [3.8, 4) is 12.1 Å². The Kier molecular flexibility index (Phi) is 6.91. The maximum Gasteiger partial charge on any atom is 0.246 e. The number of fused-ring (bicyclic) bond motifs is 2. The molecule has 4 aliphatic rings. The number of nitrogens with zero attached hydrogens (tertiary/aromatic N) is 8. The van der Waals surface area contributed by atoms with Crippen molar-refractivity contribution in [2.75, 3.05) is 67.1 Å². The van der Waals surface area contributed by atoms with Gasteiger partial charge < -0.3 is 19.6 Å². The zero-order valence-corrected chi connectivity index (χ0v) is 24.7. The van der Waals surface area contributed by atoms with Crippen LogP contribution in [0.15, 0.2) is 49.1 Å². The van der Waals surface area contributed by atoms with Gasteiger partial charge in [0.05, 0.1) is 36.5 Å². The smallest absolute Gasteiger partial charge is 0.246 e.